The van der Waals surface area contributed by atoms with Gasteiger partial charge in [-0.25, -0.2) is 0 Å². The Morgan fingerprint density at radius 2 is 0.953 bits per heavy atom. The van der Waals surface area contributed by atoms with Crippen molar-refractivity contribution < 1.29 is 39.8 Å². The first-order valence-electron chi connectivity index (χ1n) is 26.5. The molecule has 0 aliphatic carbocycles. The minimum Gasteiger partial charge on any atom is -0.394 e. The van der Waals surface area contributed by atoms with Gasteiger partial charge in [0.25, 0.3) is 0 Å². The third-order valence-corrected chi connectivity index (χ3v) is 12.3. The van der Waals surface area contributed by atoms with Crippen LogP contribution >= 0.6 is 0 Å². The van der Waals surface area contributed by atoms with E-state index in [0.717, 1.165) is 57.8 Å². The lowest BCUT2D eigenvalue weighted by molar-refractivity contribution is -0.302. The predicted octanol–water partition coefficient (Wildman–Crippen LogP) is 12.3. The Morgan fingerprint density at radius 3 is 1.45 bits per heavy atom. The van der Waals surface area contributed by atoms with E-state index in [4.69, 9.17) is 9.47 Å². The van der Waals surface area contributed by atoms with E-state index in [9.17, 15) is 30.3 Å². The molecule has 0 spiro atoms. The molecule has 0 aromatic rings. The Balaban J connectivity index is 2.18. The molecule has 1 saturated heterocycles. The van der Waals surface area contributed by atoms with Crippen molar-refractivity contribution in [3.8, 4) is 0 Å². The lowest BCUT2D eigenvalue weighted by Gasteiger charge is -2.40. The van der Waals surface area contributed by atoms with E-state index < -0.39 is 49.5 Å². The second-order valence-electron chi connectivity index (χ2n) is 18.3. The summed E-state index contributed by atoms with van der Waals surface area (Å²) in [5, 5.41) is 54.2. The lowest BCUT2D eigenvalue weighted by Crippen LogP contribution is -2.60. The van der Waals surface area contributed by atoms with Gasteiger partial charge < -0.3 is 40.3 Å². The maximum absolute atomic E-state index is 13.0. The number of hydrogen-bond acceptors (Lipinski definition) is 8. The molecule has 1 rings (SSSR count). The van der Waals surface area contributed by atoms with Gasteiger partial charge in [0, 0.05) is 6.42 Å². The highest BCUT2D eigenvalue weighted by Gasteiger charge is 2.44. The number of aliphatic hydroxyl groups is 5. The fourth-order valence-corrected chi connectivity index (χ4v) is 8.03. The van der Waals surface area contributed by atoms with Gasteiger partial charge >= 0.3 is 0 Å². The zero-order valence-corrected chi connectivity index (χ0v) is 41.0. The fourth-order valence-electron chi connectivity index (χ4n) is 8.03. The third-order valence-electron chi connectivity index (χ3n) is 12.3. The van der Waals surface area contributed by atoms with E-state index in [1.165, 1.54) is 148 Å². The van der Waals surface area contributed by atoms with Gasteiger partial charge in [0.15, 0.2) is 6.29 Å². The van der Waals surface area contributed by atoms with Crippen molar-refractivity contribution in [1.82, 2.24) is 5.32 Å². The molecular formula is C55H99NO8. The summed E-state index contributed by atoms with van der Waals surface area (Å²) in [6, 6.07) is -0.827. The molecule has 7 unspecified atom stereocenters. The number of carbonyl (C=O) groups excluding carboxylic acids is 1. The first-order valence-corrected chi connectivity index (χ1v) is 26.5. The van der Waals surface area contributed by atoms with Crippen molar-refractivity contribution >= 4 is 5.91 Å². The number of unbranched alkanes of at least 4 members (excludes halogenated alkanes) is 26. The highest BCUT2D eigenvalue weighted by Crippen LogP contribution is 2.23. The number of carbonyl (C=O) groups is 1. The molecule has 0 saturated carbocycles. The molecule has 6 N–H and O–H groups in total. The summed E-state index contributed by atoms with van der Waals surface area (Å²) in [6.07, 6.45) is 52.9. The zero-order chi connectivity index (χ0) is 46.6. The molecule has 0 radical (unpaired) electrons. The van der Waals surface area contributed by atoms with Crippen LogP contribution in [0.2, 0.25) is 0 Å². The molecule has 0 aromatic heterocycles. The van der Waals surface area contributed by atoms with Crippen molar-refractivity contribution in [2.75, 3.05) is 13.2 Å². The fraction of sp³-hybridized carbons (Fsp3) is 0.800. The summed E-state index contributed by atoms with van der Waals surface area (Å²) in [6.45, 7) is 3.69. The standard InChI is InChI=1S/C55H99NO8/c1-3-5-7-9-11-13-15-17-18-19-20-21-22-23-24-25-26-27-28-29-30-31-32-33-35-37-39-41-43-45-51(59)56-48(47-63-55-54(62)53(61)52(60)50(46-57)64-55)49(58)44-42-40-38-36-34-16-14-12-10-8-6-4-2/h10,12,15,17,19-20,34,36,42,44,48-50,52-55,57-58,60-62H,3-9,11,13-14,16,18,21-33,35,37-41,43,45-47H2,1-2H3,(H,56,59)/b12-10+,17-15-,20-19-,36-34+,44-42+. The summed E-state index contributed by atoms with van der Waals surface area (Å²) in [7, 11) is 0. The number of hydrogen-bond donors (Lipinski definition) is 6. The number of amides is 1. The first kappa shape index (κ1) is 59.9. The number of ether oxygens (including phenoxy) is 2. The van der Waals surface area contributed by atoms with Crippen molar-refractivity contribution in [2.45, 2.75) is 269 Å². The average Bonchev–Trinajstić information content (AvgIpc) is 3.29. The van der Waals surface area contributed by atoms with Crippen LogP contribution in [0.15, 0.2) is 60.8 Å². The third kappa shape index (κ3) is 34.2. The maximum Gasteiger partial charge on any atom is 0.220 e. The molecule has 9 nitrogen and oxygen atoms in total. The molecule has 1 heterocycles. The Kier molecular flexibility index (Phi) is 41.9. The van der Waals surface area contributed by atoms with Gasteiger partial charge in [0.05, 0.1) is 25.4 Å². The van der Waals surface area contributed by atoms with Crippen LogP contribution in [0.1, 0.15) is 226 Å². The van der Waals surface area contributed by atoms with Crippen LogP contribution in [0.4, 0.5) is 0 Å². The molecule has 1 amide bonds. The molecular weight excluding hydrogens is 803 g/mol. The highest BCUT2D eigenvalue weighted by molar-refractivity contribution is 5.76. The zero-order valence-electron chi connectivity index (χ0n) is 41.0. The summed E-state index contributed by atoms with van der Waals surface area (Å²) in [4.78, 5) is 13.0. The minimum absolute atomic E-state index is 0.192. The molecule has 64 heavy (non-hydrogen) atoms. The van der Waals surface area contributed by atoms with Crippen LogP contribution in [0.3, 0.4) is 0 Å². The monoisotopic (exact) mass is 902 g/mol. The largest absolute Gasteiger partial charge is 0.394 e. The van der Waals surface area contributed by atoms with Gasteiger partial charge in [-0.2, -0.15) is 0 Å². The molecule has 1 fully saturated rings. The highest BCUT2D eigenvalue weighted by atomic mass is 16.7. The molecule has 9 heteroatoms. The second kappa shape index (κ2) is 44.7. The van der Waals surface area contributed by atoms with E-state index in [1.54, 1.807) is 6.08 Å². The van der Waals surface area contributed by atoms with Crippen LogP contribution in [0, 0.1) is 0 Å². The van der Waals surface area contributed by atoms with Gasteiger partial charge in [0.2, 0.25) is 5.91 Å². The summed E-state index contributed by atoms with van der Waals surface area (Å²) >= 11 is 0. The topological polar surface area (TPSA) is 149 Å². The van der Waals surface area contributed by atoms with Gasteiger partial charge in [0.1, 0.15) is 24.4 Å². The van der Waals surface area contributed by atoms with Gasteiger partial charge in [-0.3, -0.25) is 4.79 Å². The van der Waals surface area contributed by atoms with Crippen molar-refractivity contribution in [1.29, 1.82) is 0 Å². The van der Waals surface area contributed by atoms with Crippen LogP contribution in [-0.2, 0) is 14.3 Å². The molecule has 372 valence electrons. The Labute approximate surface area is 392 Å². The van der Waals surface area contributed by atoms with E-state index >= 15 is 0 Å². The SMILES string of the molecule is CCCC/C=C/CC/C=C/CC/C=C/C(O)C(COC1OC(CO)C(O)C(O)C1O)NC(=O)CCCCCCCCCCCCCCCCCCC/C=C\C/C=C\CCCCCCC. The summed E-state index contributed by atoms with van der Waals surface area (Å²) in [5.74, 6) is -0.192. The quantitative estimate of drug-likeness (QED) is 0.0262. The number of rotatable bonds is 44. The minimum atomic E-state index is -1.57. The van der Waals surface area contributed by atoms with Crippen molar-refractivity contribution in [3.05, 3.63) is 60.8 Å². The van der Waals surface area contributed by atoms with Gasteiger partial charge in [-0.15, -0.1) is 0 Å². The second-order valence-corrected chi connectivity index (χ2v) is 18.3. The molecule has 1 aliphatic heterocycles. The summed E-state index contributed by atoms with van der Waals surface area (Å²) < 4.78 is 11.2. The molecule has 7 atom stereocenters. The number of aliphatic hydroxyl groups excluding tert-OH is 5. The predicted molar refractivity (Wildman–Crippen MR) is 267 cm³/mol. The van der Waals surface area contributed by atoms with E-state index in [1.807, 2.05) is 6.08 Å². The van der Waals surface area contributed by atoms with Crippen LogP contribution in [0.25, 0.3) is 0 Å². The maximum atomic E-state index is 13.0. The van der Waals surface area contributed by atoms with Crippen LogP contribution in [-0.4, -0.2) is 87.5 Å². The van der Waals surface area contributed by atoms with Crippen molar-refractivity contribution in [3.63, 3.8) is 0 Å². The smallest absolute Gasteiger partial charge is 0.220 e. The van der Waals surface area contributed by atoms with Gasteiger partial charge in [-0.1, -0.05) is 209 Å². The Bertz CT molecular complexity index is 1180. The van der Waals surface area contributed by atoms with E-state index in [2.05, 4.69) is 67.8 Å². The Hall–Kier alpha value is -2.11. The lowest BCUT2D eigenvalue weighted by atomic mass is 9.99. The first-order chi connectivity index (χ1) is 31.3. The van der Waals surface area contributed by atoms with E-state index in [-0.39, 0.29) is 12.5 Å². The molecule has 1 aliphatic rings. The van der Waals surface area contributed by atoms with E-state index in [0.29, 0.717) is 6.42 Å². The summed E-state index contributed by atoms with van der Waals surface area (Å²) in [5.41, 5.74) is 0. The molecule has 0 bridgehead atoms. The number of allylic oxidation sites excluding steroid dienone is 9. The van der Waals surface area contributed by atoms with Crippen LogP contribution < -0.4 is 5.32 Å². The average molecular weight is 902 g/mol. The normalized spacial score (nSPS) is 20.5. The number of nitrogens with one attached hydrogen (secondary N) is 1. The van der Waals surface area contributed by atoms with Gasteiger partial charge in [-0.05, 0) is 70.6 Å². The van der Waals surface area contributed by atoms with Crippen LogP contribution in [0.5, 0.6) is 0 Å². The van der Waals surface area contributed by atoms with Crippen molar-refractivity contribution in [2.24, 2.45) is 0 Å². The molecule has 0 aromatic carbocycles. The Morgan fingerprint density at radius 1 is 0.531 bits per heavy atom.